The van der Waals surface area contributed by atoms with Crippen LogP contribution in [0.1, 0.15) is 24.2 Å². The minimum Gasteiger partial charge on any atom is -0.483 e. The number of carbonyl (C=O) groups excluding carboxylic acids is 3. The van der Waals surface area contributed by atoms with Crippen LogP contribution < -0.4 is 20.9 Å². The van der Waals surface area contributed by atoms with Gasteiger partial charge in [0, 0.05) is 38.0 Å². The SMILES string of the molecule is COC(=O)NC(CC/C=C/C(=O)N(C)C)C(=O)Nc1cccn(Cc2nc3cc(F)c(F)c(OCc4ccc(F)cc4F)c3[nH]2)c1=O. The number of imidazole rings is 1. The monoisotopic (exact) mass is 658 g/mol. The molecule has 4 aromatic rings. The number of likely N-dealkylation sites (N-methyl/N-ethyl adjacent to an activating group) is 1. The number of fused-ring (bicyclic) bond motifs is 1. The maximum atomic E-state index is 14.8. The van der Waals surface area contributed by atoms with Crippen LogP contribution in [-0.4, -0.2) is 64.6 Å². The third-order valence-electron chi connectivity index (χ3n) is 6.78. The van der Waals surface area contributed by atoms with Gasteiger partial charge in [-0.05, 0) is 43.2 Å². The first-order valence-electron chi connectivity index (χ1n) is 14.0. The molecule has 1 unspecified atom stereocenters. The Morgan fingerprint density at radius 3 is 2.57 bits per heavy atom. The second-order valence-corrected chi connectivity index (χ2v) is 10.3. The predicted molar refractivity (Wildman–Crippen MR) is 162 cm³/mol. The number of amides is 3. The smallest absolute Gasteiger partial charge is 0.407 e. The molecule has 2 aromatic heterocycles. The van der Waals surface area contributed by atoms with E-state index in [-0.39, 0.29) is 53.4 Å². The van der Waals surface area contributed by atoms with Gasteiger partial charge < -0.3 is 34.6 Å². The van der Waals surface area contributed by atoms with E-state index in [4.69, 9.17) is 4.74 Å². The summed E-state index contributed by atoms with van der Waals surface area (Å²) >= 11 is 0. The van der Waals surface area contributed by atoms with E-state index in [9.17, 15) is 36.7 Å². The van der Waals surface area contributed by atoms with Crippen molar-refractivity contribution >= 4 is 34.6 Å². The first-order valence-corrected chi connectivity index (χ1v) is 14.0. The van der Waals surface area contributed by atoms with Crippen LogP contribution in [0, 0.1) is 23.3 Å². The topological polar surface area (TPSA) is 148 Å². The quantitative estimate of drug-likeness (QED) is 0.154. The first kappa shape index (κ1) is 34.2. The molecule has 1 atom stereocenters. The largest absolute Gasteiger partial charge is 0.483 e. The van der Waals surface area contributed by atoms with E-state index >= 15 is 0 Å². The van der Waals surface area contributed by atoms with Crippen LogP contribution in [-0.2, 0) is 27.5 Å². The van der Waals surface area contributed by atoms with Crippen molar-refractivity contribution in [1.82, 2.24) is 24.8 Å². The molecule has 16 heteroatoms. The first-order chi connectivity index (χ1) is 22.4. The highest BCUT2D eigenvalue weighted by Gasteiger charge is 2.23. The Bertz CT molecular complexity index is 1890. The molecule has 0 aliphatic heterocycles. The molecule has 0 fully saturated rings. The van der Waals surface area contributed by atoms with E-state index < -0.39 is 59.2 Å². The molecular weight excluding hydrogens is 628 g/mol. The number of hydrogen-bond acceptors (Lipinski definition) is 7. The van der Waals surface area contributed by atoms with Crippen LogP contribution >= 0.6 is 0 Å². The van der Waals surface area contributed by atoms with Crippen molar-refractivity contribution in [3.63, 3.8) is 0 Å². The van der Waals surface area contributed by atoms with Crippen LogP contribution in [0.2, 0.25) is 0 Å². The zero-order valence-electron chi connectivity index (χ0n) is 25.4. The normalized spacial score (nSPS) is 11.8. The van der Waals surface area contributed by atoms with Crippen molar-refractivity contribution in [2.24, 2.45) is 0 Å². The van der Waals surface area contributed by atoms with Crippen molar-refractivity contribution in [2.75, 3.05) is 26.5 Å². The summed E-state index contributed by atoms with van der Waals surface area (Å²) in [4.78, 5) is 58.3. The molecule has 47 heavy (non-hydrogen) atoms. The second kappa shape index (κ2) is 15.1. The standard InChI is InChI=1S/C31H30F4N6O6/c1-40(2)25(42)9-5-4-7-21(38-31(45)46-3)29(43)37-22-8-6-12-41(30(22)44)15-24-36-23-14-20(34)26(35)28(27(23)39-24)47-16-17-10-11-18(32)13-19(17)33/h5-6,8-14,21H,4,7,15-16H2,1-3H3,(H,36,39)(H,37,43)(H,38,45)/b9-5+. The molecule has 3 N–H and O–H groups in total. The fraction of sp³-hybridized carbons (Fsp3) is 0.258. The Balaban J connectivity index is 1.52. The molecular formula is C31H30F4N6O6. The van der Waals surface area contributed by atoms with E-state index in [0.717, 1.165) is 29.9 Å². The van der Waals surface area contributed by atoms with E-state index in [2.05, 4.69) is 25.3 Å². The predicted octanol–water partition coefficient (Wildman–Crippen LogP) is 4.00. The number of nitrogens with one attached hydrogen (secondary N) is 3. The molecule has 0 radical (unpaired) electrons. The average Bonchev–Trinajstić information content (AvgIpc) is 3.42. The molecule has 2 aromatic carbocycles. The lowest BCUT2D eigenvalue weighted by atomic mass is 10.1. The molecule has 2 heterocycles. The van der Waals surface area contributed by atoms with E-state index in [1.54, 1.807) is 20.2 Å². The maximum Gasteiger partial charge on any atom is 0.407 e. The summed E-state index contributed by atoms with van der Waals surface area (Å²) < 4.78 is 67.6. The Kier molecular flexibility index (Phi) is 11.0. The highest BCUT2D eigenvalue weighted by molar-refractivity contribution is 5.96. The number of allylic oxidation sites excluding steroid dienone is 1. The summed E-state index contributed by atoms with van der Waals surface area (Å²) in [5.74, 6) is -5.92. The molecule has 248 valence electrons. The third-order valence-corrected chi connectivity index (χ3v) is 6.78. The number of H-pyrrole nitrogens is 1. The summed E-state index contributed by atoms with van der Waals surface area (Å²) in [6, 6.07) is 5.21. The minimum atomic E-state index is -1.37. The van der Waals surface area contributed by atoms with Crippen LogP contribution in [0.5, 0.6) is 5.75 Å². The number of anilines is 1. The summed E-state index contributed by atoms with van der Waals surface area (Å²) in [6.07, 6.45) is 3.68. The number of aromatic nitrogens is 3. The zero-order chi connectivity index (χ0) is 34.2. The number of hydrogen-bond donors (Lipinski definition) is 3. The van der Waals surface area contributed by atoms with Crippen molar-refractivity contribution in [1.29, 1.82) is 0 Å². The van der Waals surface area contributed by atoms with Gasteiger partial charge in [0.1, 0.15) is 41.3 Å². The Morgan fingerprint density at radius 2 is 1.87 bits per heavy atom. The molecule has 0 saturated carbocycles. The summed E-state index contributed by atoms with van der Waals surface area (Å²) in [6.45, 7) is -0.783. The summed E-state index contributed by atoms with van der Waals surface area (Å²) in [5, 5.41) is 4.87. The Morgan fingerprint density at radius 1 is 1.11 bits per heavy atom. The maximum absolute atomic E-state index is 14.8. The Hall–Kier alpha value is -5.67. The fourth-order valence-electron chi connectivity index (χ4n) is 4.32. The molecule has 0 aliphatic carbocycles. The van der Waals surface area contributed by atoms with Crippen LogP contribution in [0.25, 0.3) is 11.0 Å². The number of nitrogens with zero attached hydrogens (tertiary/aromatic N) is 3. The number of pyridine rings is 1. The number of carbonyl (C=O) groups is 3. The van der Waals surface area contributed by atoms with Gasteiger partial charge in [-0.15, -0.1) is 0 Å². The van der Waals surface area contributed by atoms with Gasteiger partial charge in [-0.3, -0.25) is 14.4 Å². The van der Waals surface area contributed by atoms with Gasteiger partial charge in [0.15, 0.2) is 11.6 Å². The molecule has 0 saturated heterocycles. The lowest BCUT2D eigenvalue weighted by Crippen LogP contribution is -2.44. The van der Waals surface area contributed by atoms with E-state index in [0.29, 0.717) is 6.07 Å². The van der Waals surface area contributed by atoms with Gasteiger partial charge in [-0.25, -0.2) is 22.9 Å². The third kappa shape index (κ3) is 8.53. The minimum absolute atomic E-state index is 0.0518. The average molecular weight is 659 g/mol. The number of rotatable bonds is 12. The highest BCUT2D eigenvalue weighted by atomic mass is 19.2. The lowest BCUT2D eigenvalue weighted by Gasteiger charge is -2.17. The molecule has 3 amide bonds. The van der Waals surface area contributed by atoms with Gasteiger partial charge in [-0.1, -0.05) is 6.08 Å². The number of methoxy groups -OCH3 is 1. The lowest BCUT2D eigenvalue weighted by molar-refractivity contribution is -0.123. The zero-order valence-corrected chi connectivity index (χ0v) is 25.4. The van der Waals surface area contributed by atoms with E-state index in [1.807, 2.05) is 0 Å². The van der Waals surface area contributed by atoms with Crippen LogP contribution in [0.4, 0.5) is 28.0 Å². The number of aromatic amines is 1. The number of alkyl carbamates (subject to hydrolysis) is 1. The molecule has 0 aliphatic rings. The van der Waals surface area contributed by atoms with E-state index in [1.165, 1.54) is 29.3 Å². The van der Waals surface area contributed by atoms with Gasteiger partial charge in [0.25, 0.3) is 5.56 Å². The van der Waals surface area contributed by atoms with Crippen molar-refractivity contribution in [3.8, 4) is 5.75 Å². The highest BCUT2D eigenvalue weighted by Crippen LogP contribution is 2.31. The van der Waals surface area contributed by atoms with Gasteiger partial charge >= 0.3 is 6.09 Å². The van der Waals surface area contributed by atoms with Gasteiger partial charge in [-0.2, -0.15) is 4.39 Å². The molecule has 0 spiro atoms. The van der Waals surface area contributed by atoms with Gasteiger partial charge in [0.05, 0.1) is 19.2 Å². The second-order valence-electron chi connectivity index (χ2n) is 10.3. The summed E-state index contributed by atoms with van der Waals surface area (Å²) in [7, 11) is 4.28. The molecule has 4 rings (SSSR count). The van der Waals surface area contributed by atoms with Crippen LogP contribution in [0.15, 0.2) is 59.5 Å². The van der Waals surface area contributed by atoms with Crippen molar-refractivity contribution < 1.29 is 41.4 Å². The fourth-order valence-corrected chi connectivity index (χ4v) is 4.32. The van der Waals surface area contributed by atoms with Crippen molar-refractivity contribution in [2.45, 2.75) is 32.0 Å². The van der Waals surface area contributed by atoms with Crippen LogP contribution in [0.3, 0.4) is 0 Å². The number of halogens is 4. The molecule has 0 bridgehead atoms. The summed E-state index contributed by atoms with van der Waals surface area (Å²) in [5.41, 5.74) is -1.05. The number of benzene rings is 2. The Labute approximate surface area is 265 Å². The molecule has 12 nitrogen and oxygen atoms in total. The van der Waals surface area contributed by atoms with Gasteiger partial charge in [0.2, 0.25) is 17.6 Å². The van der Waals surface area contributed by atoms with Crippen molar-refractivity contribution in [3.05, 3.63) is 99.8 Å². The number of ether oxygens (including phenoxy) is 2.